The summed E-state index contributed by atoms with van der Waals surface area (Å²) in [6.07, 6.45) is 8.35. The lowest BCUT2D eigenvalue weighted by Crippen LogP contribution is -2.13. The molecule has 2 fully saturated rings. The summed E-state index contributed by atoms with van der Waals surface area (Å²) in [7, 11) is 0. The summed E-state index contributed by atoms with van der Waals surface area (Å²) >= 11 is 0. The lowest BCUT2D eigenvalue weighted by atomic mass is 9.79. The van der Waals surface area contributed by atoms with Crippen molar-refractivity contribution in [1.29, 1.82) is 0 Å². The summed E-state index contributed by atoms with van der Waals surface area (Å²) < 4.78 is 5.41. The van der Waals surface area contributed by atoms with Gasteiger partial charge in [0, 0.05) is 12.0 Å². The van der Waals surface area contributed by atoms with Crippen molar-refractivity contribution in [3.8, 4) is 0 Å². The standard InChI is InChI=1S/C12H18N2O/c1-2-10(3-1)11-8-14-15-12(11)6-9-4-5-13-7-9/h8-10,13H,1-7H2. The van der Waals surface area contributed by atoms with Crippen LogP contribution in [0.3, 0.4) is 0 Å². The molecule has 1 N–H and O–H groups in total. The van der Waals surface area contributed by atoms with Crippen molar-refractivity contribution < 1.29 is 4.52 Å². The molecular formula is C12H18N2O. The Hall–Kier alpha value is -0.830. The predicted molar refractivity (Wildman–Crippen MR) is 57.8 cm³/mol. The van der Waals surface area contributed by atoms with Gasteiger partial charge in [0.15, 0.2) is 0 Å². The SMILES string of the molecule is c1noc(CC2CCNC2)c1C1CCC1. The molecular weight excluding hydrogens is 188 g/mol. The molecule has 1 saturated carbocycles. The molecule has 1 aromatic rings. The second-order valence-corrected chi connectivity index (χ2v) is 4.90. The van der Waals surface area contributed by atoms with E-state index in [4.69, 9.17) is 4.52 Å². The van der Waals surface area contributed by atoms with Crippen LogP contribution in [0.1, 0.15) is 42.9 Å². The topological polar surface area (TPSA) is 38.1 Å². The maximum absolute atomic E-state index is 5.41. The average Bonchev–Trinajstić information content (AvgIpc) is 2.76. The van der Waals surface area contributed by atoms with Gasteiger partial charge in [0.1, 0.15) is 5.76 Å². The van der Waals surface area contributed by atoms with Gasteiger partial charge in [-0.15, -0.1) is 0 Å². The van der Waals surface area contributed by atoms with Gasteiger partial charge >= 0.3 is 0 Å². The zero-order valence-corrected chi connectivity index (χ0v) is 9.04. The fourth-order valence-electron chi connectivity index (χ4n) is 2.63. The van der Waals surface area contributed by atoms with E-state index >= 15 is 0 Å². The summed E-state index contributed by atoms with van der Waals surface area (Å²) in [5.74, 6) is 2.67. The normalized spacial score (nSPS) is 26.8. The maximum Gasteiger partial charge on any atom is 0.140 e. The molecule has 1 aromatic heterocycles. The molecule has 82 valence electrons. The van der Waals surface area contributed by atoms with Crippen molar-refractivity contribution in [3.05, 3.63) is 17.5 Å². The van der Waals surface area contributed by atoms with Crippen LogP contribution in [-0.4, -0.2) is 18.2 Å². The molecule has 1 aliphatic heterocycles. The van der Waals surface area contributed by atoms with Crippen molar-refractivity contribution in [1.82, 2.24) is 10.5 Å². The first-order valence-corrected chi connectivity index (χ1v) is 6.07. The molecule has 1 unspecified atom stereocenters. The van der Waals surface area contributed by atoms with Crippen LogP contribution in [0.2, 0.25) is 0 Å². The molecule has 0 bridgehead atoms. The molecule has 0 spiro atoms. The first kappa shape index (κ1) is 9.40. The van der Waals surface area contributed by atoms with E-state index in [0.717, 1.165) is 37.1 Å². The maximum atomic E-state index is 5.41. The number of rotatable bonds is 3. The van der Waals surface area contributed by atoms with Crippen LogP contribution in [0.15, 0.2) is 10.7 Å². The van der Waals surface area contributed by atoms with E-state index in [9.17, 15) is 0 Å². The number of nitrogens with zero attached hydrogens (tertiary/aromatic N) is 1. The monoisotopic (exact) mass is 206 g/mol. The minimum Gasteiger partial charge on any atom is -0.361 e. The van der Waals surface area contributed by atoms with E-state index < -0.39 is 0 Å². The minimum atomic E-state index is 0.751. The molecule has 1 atom stereocenters. The Labute approximate surface area is 90.2 Å². The predicted octanol–water partition coefficient (Wildman–Crippen LogP) is 2.09. The van der Waals surface area contributed by atoms with Crippen LogP contribution in [0.5, 0.6) is 0 Å². The van der Waals surface area contributed by atoms with E-state index in [1.54, 1.807) is 0 Å². The lowest BCUT2D eigenvalue weighted by Gasteiger charge is -2.24. The highest BCUT2D eigenvalue weighted by atomic mass is 16.5. The minimum absolute atomic E-state index is 0.751. The van der Waals surface area contributed by atoms with Crippen molar-refractivity contribution in [2.75, 3.05) is 13.1 Å². The summed E-state index contributed by atoms with van der Waals surface area (Å²) in [6.45, 7) is 2.31. The Morgan fingerprint density at radius 3 is 3.00 bits per heavy atom. The summed E-state index contributed by atoms with van der Waals surface area (Å²) in [6, 6.07) is 0. The molecule has 3 heteroatoms. The molecule has 2 aliphatic rings. The van der Waals surface area contributed by atoms with Crippen LogP contribution in [0.25, 0.3) is 0 Å². The zero-order chi connectivity index (χ0) is 10.1. The zero-order valence-electron chi connectivity index (χ0n) is 9.04. The van der Waals surface area contributed by atoms with Crippen molar-refractivity contribution in [2.45, 2.75) is 38.0 Å². The molecule has 3 nitrogen and oxygen atoms in total. The van der Waals surface area contributed by atoms with Gasteiger partial charge in [-0.25, -0.2) is 0 Å². The van der Waals surface area contributed by atoms with Gasteiger partial charge in [-0.1, -0.05) is 11.6 Å². The van der Waals surface area contributed by atoms with E-state index in [-0.39, 0.29) is 0 Å². The fourth-order valence-corrected chi connectivity index (χ4v) is 2.63. The number of aromatic nitrogens is 1. The number of hydrogen-bond acceptors (Lipinski definition) is 3. The highest BCUT2D eigenvalue weighted by molar-refractivity contribution is 5.21. The average molecular weight is 206 g/mol. The Morgan fingerprint density at radius 1 is 1.40 bits per heavy atom. The number of hydrogen-bond donors (Lipinski definition) is 1. The molecule has 3 rings (SSSR count). The van der Waals surface area contributed by atoms with Gasteiger partial charge in [-0.3, -0.25) is 0 Å². The Balaban J connectivity index is 1.70. The smallest absolute Gasteiger partial charge is 0.140 e. The highest BCUT2D eigenvalue weighted by Crippen LogP contribution is 2.38. The van der Waals surface area contributed by atoms with E-state index in [1.807, 2.05) is 6.20 Å². The molecule has 0 aromatic carbocycles. The number of nitrogens with one attached hydrogen (secondary N) is 1. The van der Waals surface area contributed by atoms with Gasteiger partial charge in [0.25, 0.3) is 0 Å². The molecule has 2 heterocycles. The molecule has 0 amide bonds. The quantitative estimate of drug-likeness (QED) is 0.823. The van der Waals surface area contributed by atoms with E-state index in [0.29, 0.717) is 0 Å². The largest absolute Gasteiger partial charge is 0.361 e. The second-order valence-electron chi connectivity index (χ2n) is 4.90. The van der Waals surface area contributed by atoms with Crippen LogP contribution in [0.4, 0.5) is 0 Å². The lowest BCUT2D eigenvalue weighted by molar-refractivity contribution is 0.351. The Morgan fingerprint density at radius 2 is 2.33 bits per heavy atom. The van der Waals surface area contributed by atoms with Gasteiger partial charge in [0.05, 0.1) is 6.20 Å². The van der Waals surface area contributed by atoms with Gasteiger partial charge in [-0.05, 0) is 44.2 Å². The third kappa shape index (κ3) is 1.81. The van der Waals surface area contributed by atoms with Crippen molar-refractivity contribution in [3.63, 3.8) is 0 Å². The molecule has 1 saturated heterocycles. The Kier molecular flexibility index (Phi) is 2.49. The van der Waals surface area contributed by atoms with Gasteiger partial charge < -0.3 is 9.84 Å². The third-order valence-corrected chi connectivity index (χ3v) is 3.86. The first-order chi connectivity index (χ1) is 7.43. The van der Waals surface area contributed by atoms with Gasteiger partial charge in [0.2, 0.25) is 0 Å². The van der Waals surface area contributed by atoms with E-state index in [1.165, 1.54) is 31.2 Å². The van der Waals surface area contributed by atoms with Crippen LogP contribution < -0.4 is 5.32 Å². The van der Waals surface area contributed by atoms with Crippen LogP contribution >= 0.6 is 0 Å². The van der Waals surface area contributed by atoms with Gasteiger partial charge in [-0.2, -0.15) is 0 Å². The summed E-state index contributed by atoms with van der Waals surface area (Å²) in [5, 5.41) is 7.37. The first-order valence-electron chi connectivity index (χ1n) is 6.07. The summed E-state index contributed by atoms with van der Waals surface area (Å²) in [4.78, 5) is 0. The highest BCUT2D eigenvalue weighted by Gasteiger charge is 2.26. The molecule has 1 aliphatic carbocycles. The Bertz CT molecular complexity index is 324. The third-order valence-electron chi connectivity index (χ3n) is 3.86. The van der Waals surface area contributed by atoms with Crippen molar-refractivity contribution >= 4 is 0 Å². The molecule has 15 heavy (non-hydrogen) atoms. The van der Waals surface area contributed by atoms with Crippen LogP contribution in [-0.2, 0) is 6.42 Å². The fraction of sp³-hybridized carbons (Fsp3) is 0.750. The van der Waals surface area contributed by atoms with E-state index in [2.05, 4.69) is 10.5 Å². The van der Waals surface area contributed by atoms with Crippen LogP contribution in [0, 0.1) is 5.92 Å². The van der Waals surface area contributed by atoms with Crippen molar-refractivity contribution in [2.24, 2.45) is 5.92 Å². The second kappa shape index (κ2) is 3.97. The molecule has 0 radical (unpaired) electrons. The summed E-state index contributed by atoms with van der Waals surface area (Å²) in [5.41, 5.74) is 1.40.